The Hall–Kier alpha value is -2.84. The van der Waals surface area contributed by atoms with Gasteiger partial charge in [0, 0.05) is 16.8 Å². The topological polar surface area (TPSA) is 52.8 Å². The minimum absolute atomic E-state index is 0. The van der Waals surface area contributed by atoms with Crippen molar-refractivity contribution in [2.24, 2.45) is 0 Å². The average Bonchev–Trinajstić information content (AvgIpc) is 2.80. The number of para-hydroxylation sites is 1. The molecule has 0 unspecified atom stereocenters. The van der Waals surface area contributed by atoms with Crippen LogP contribution in [0.15, 0.2) is 85.2 Å². The molecule has 0 aliphatic rings. The second-order valence-corrected chi connectivity index (χ2v) is 8.60. The Labute approximate surface area is 204 Å². The van der Waals surface area contributed by atoms with Gasteiger partial charge in [0.05, 0.1) is 5.69 Å². The van der Waals surface area contributed by atoms with Crippen molar-refractivity contribution in [3.8, 4) is 11.3 Å². The van der Waals surface area contributed by atoms with Crippen LogP contribution < -0.4 is 0 Å². The van der Waals surface area contributed by atoms with Crippen molar-refractivity contribution in [3.63, 3.8) is 0 Å². The molecule has 4 nitrogen and oxygen atoms in total. The average molecular weight is 602 g/mol. The van der Waals surface area contributed by atoms with Crippen LogP contribution in [0.3, 0.4) is 0 Å². The number of nitrogens with zero attached hydrogens (tertiary/aromatic N) is 4. The molecule has 0 atom stereocenters. The molecule has 1 aromatic carbocycles. The number of hydrogen-bond donors (Lipinski definition) is 0. The van der Waals surface area contributed by atoms with Gasteiger partial charge in [0.1, 0.15) is 0 Å². The molecule has 0 aliphatic carbocycles. The van der Waals surface area contributed by atoms with Crippen LogP contribution in [0.25, 0.3) is 16.6 Å². The summed E-state index contributed by atoms with van der Waals surface area (Å²) < 4.78 is 0. The summed E-state index contributed by atoms with van der Waals surface area (Å²) >= 11 is 0. The van der Waals surface area contributed by atoms with Gasteiger partial charge in [0.2, 0.25) is 0 Å². The Kier molecular flexibility index (Phi) is 7.25. The van der Waals surface area contributed by atoms with Crippen molar-refractivity contribution >= 4 is 5.69 Å². The number of rotatable bonds is 6. The summed E-state index contributed by atoms with van der Waals surface area (Å²) in [7, 11) is 0. The van der Waals surface area contributed by atoms with E-state index in [2.05, 4.69) is 50.9 Å². The van der Waals surface area contributed by atoms with Crippen LogP contribution in [0.1, 0.15) is 44.8 Å². The van der Waals surface area contributed by atoms with Gasteiger partial charge < -0.3 is 15.3 Å². The van der Waals surface area contributed by atoms with Crippen LogP contribution in [0, 0.1) is 6.07 Å². The van der Waals surface area contributed by atoms with Crippen LogP contribution in [0.5, 0.6) is 0 Å². The van der Waals surface area contributed by atoms with Gasteiger partial charge in [-0.15, -0.1) is 23.4 Å². The summed E-state index contributed by atoms with van der Waals surface area (Å²) in [5.74, 6) is 0. The molecule has 32 heavy (non-hydrogen) atoms. The molecule has 0 saturated carbocycles. The van der Waals surface area contributed by atoms with E-state index < -0.39 is 5.54 Å². The first-order valence-electron chi connectivity index (χ1n) is 10.4. The summed E-state index contributed by atoms with van der Waals surface area (Å²) in [4.78, 5) is 14.1. The molecule has 0 fully saturated rings. The Morgan fingerprint density at radius 2 is 1.41 bits per heavy atom. The molecule has 0 amide bonds. The van der Waals surface area contributed by atoms with Gasteiger partial charge >= 0.3 is 21.1 Å². The van der Waals surface area contributed by atoms with Gasteiger partial charge in [-0.25, -0.2) is 0 Å². The van der Waals surface area contributed by atoms with Gasteiger partial charge in [0.25, 0.3) is 0 Å². The molecule has 0 N–H and O–H groups in total. The van der Waals surface area contributed by atoms with E-state index in [0.29, 0.717) is 0 Å². The largest absolute Gasteiger partial charge is 2.00 e. The summed E-state index contributed by atoms with van der Waals surface area (Å²) in [6.07, 6.45) is 3.50. The first kappa shape index (κ1) is 23.8. The Balaban J connectivity index is 0.00000289. The van der Waals surface area contributed by atoms with Crippen LogP contribution in [-0.2, 0) is 32.0 Å². The molecule has 0 bridgehead atoms. The summed E-state index contributed by atoms with van der Waals surface area (Å²) in [6, 6.07) is 27.3. The van der Waals surface area contributed by atoms with E-state index >= 15 is 0 Å². The second kappa shape index (κ2) is 9.75. The third kappa shape index (κ3) is 5.13. The molecule has 4 rings (SSSR count). The van der Waals surface area contributed by atoms with Crippen molar-refractivity contribution < 1.29 is 21.1 Å². The van der Waals surface area contributed by atoms with E-state index in [0.717, 1.165) is 34.0 Å². The zero-order valence-corrected chi connectivity index (χ0v) is 21.0. The third-order valence-corrected chi connectivity index (χ3v) is 5.45. The van der Waals surface area contributed by atoms with Crippen LogP contribution >= 0.6 is 0 Å². The molecule has 3 heterocycles. The van der Waals surface area contributed by atoms with Crippen LogP contribution in [0.2, 0.25) is 0 Å². The van der Waals surface area contributed by atoms with Gasteiger partial charge in [-0.1, -0.05) is 80.3 Å². The second-order valence-electron chi connectivity index (χ2n) is 8.60. The maximum absolute atomic E-state index is 5.04. The first-order valence-corrected chi connectivity index (χ1v) is 10.4. The zero-order chi connectivity index (χ0) is 21.9. The molecule has 0 spiro atoms. The molecule has 164 valence electrons. The molecule has 0 radical (unpaired) electrons. The molecular formula is C27H26N4Pt. The van der Waals surface area contributed by atoms with Crippen LogP contribution in [0.4, 0.5) is 5.69 Å². The SMILES string of the molecule is CC(C)([N-]c1ccccc1)c1cccc(C(C)(C)c2cccc(-c3[c-]ccnc3)n2)n1.[Pt+2]. The molecular weight excluding hydrogens is 575 g/mol. The molecule has 0 aliphatic heterocycles. The van der Waals surface area contributed by atoms with Gasteiger partial charge in [-0.05, 0) is 37.7 Å². The normalized spacial score (nSPS) is 11.5. The molecule has 3 aromatic heterocycles. The van der Waals surface area contributed by atoms with E-state index in [-0.39, 0.29) is 26.5 Å². The van der Waals surface area contributed by atoms with Crippen molar-refractivity contribution in [1.29, 1.82) is 0 Å². The smallest absolute Gasteiger partial charge is 0.675 e. The fourth-order valence-corrected chi connectivity index (χ4v) is 3.54. The Bertz CT molecular complexity index is 1160. The Morgan fingerprint density at radius 1 is 0.750 bits per heavy atom. The summed E-state index contributed by atoms with van der Waals surface area (Å²) in [5, 5.41) is 4.92. The quantitative estimate of drug-likeness (QED) is 0.234. The van der Waals surface area contributed by atoms with E-state index in [1.807, 2.05) is 54.6 Å². The number of pyridine rings is 3. The van der Waals surface area contributed by atoms with Crippen molar-refractivity contribution in [1.82, 2.24) is 15.0 Å². The van der Waals surface area contributed by atoms with E-state index in [9.17, 15) is 0 Å². The van der Waals surface area contributed by atoms with E-state index in [1.165, 1.54) is 0 Å². The maximum atomic E-state index is 5.04. The van der Waals surface area contributed by atoms with E-state index in [1.54, 1.807) is 18.5 Å². The predicted molar refractivity (Wildman–Crippen MR) is 125 cm³/mol. The van der Waals surface area contributed by atoms with Crippen molar-refractivity contribution in [2.45, 2.75) is 38.6 Å². The van der Waals surface area contributed by atoms with E-state index in [4.69, 9.17) is 15.3 Å². The van der Waals surface area contributed by atoms with Gasteiger partial charge in [-0.2, -0.15) is 0 Å². The molecule has 4 aromatic rings. The minimum Gasteiger partial charge on any atom is -0.675 e. The van der Waals surface area contributed by atoms with Crippen molar-refractivity contribution in [2.75, 3.05) is 0 Å². The minimum atomic E-state index is -0.451. The van der Waals surface area contributed by atoms with Gasteiger partial charge in [-0.3, -0.25) is 4.98 Å². The monoisotopic (exact) mass is 601 g/mol. The van der Waals surface area contributed by atoms with Crippen LogP contribution in [-0.4, -0.2) is 15.0 Å². The molecule has 5 heteroatoms. The van der Waals surface area contributed by atoms with Gasteiger partial charge in [0.15, 0.2) is 0 Å². The van der Waals surface area contributed by atoms with Crippen molar-refractivity contribution in [3.05, 3.63) is 114 Å². The zero-order valence-electron chi connectivity index (χ0n) is 18.7. The fourth-order valence-electron chi connectivity index (χ4n) is 3.54. The number of aromatic nitrogens is 3. The third-order valence-electron chi connectivity index (χ3n) is 5.45. The Morgan fingerprint density at radius 3 is 2.09 bits per heavy atom. The number of benzene rings is 1. The summed E-state index contributed by atoms with van der Waals surface area (Å²) in [6.45, 7) is 8.49. The maximum Gasteiger partial charge on any atom is 2.00 e. The first-order chi connectivity index (χ1) is 14.9. The fraction of sp³-hybridized carbons (Fsp3) is 0.222. The molecule has 0 saturated heterocycles. The predicted octanol–water partition coefficient (Wildman–Crippen LogP) is 6.60. The summed E-state index contributed by atoms with van der Waals surface area (Å²) in [5.41, 5.74) is 4.69. The standard InChI is InChI=1S/C27H26N4.Pt/c1-26(2,23-15-8-14-22(29-23)20-11-10-18-28-19-20)24-16-9-17-25(30-24)27(3,4)31-21-12-6-5-7-13-21;/h5-10,12-19H,1-4H3;/q-2;+2. The number of hydrogen-bond acceptors (Lipinski definition) is 3.